The molecule has 28 heavy (non-hydrogen) atoms. The molecule has 0 radical (unpaired) electrons. The number of halogens is 6. The van der Waals surface area contributed by atoms with Crippen molar-refractivity contribution in [2.75, 3.05) is 13.2 Å². The summed E-state index contributed by atoms with van der Waals surface area (Å²) in [5, 5.41) is 2.39. The second-order valence-corrected chi connectivity index (χ2v) is 5.43. The molecule has 0 aliphatic carbocycles. The fraction of sp³-hybridized carbons (Fsp3) is 0.211. The van der Waals surface area contributed by atoms with Crippen LogP contribution in [0.1, 0.15) is 21.5 Å². The molecule has 0 aliphatic rings. The lowest BCUT2D eigenvalue weighted by atomic mass is 10.1. The van der Waals surface area contributed by atoms with Gasteiger partial charge in [0.25, 0.3) is 5.91 Å². The van der Waals surface area contributed by atoms with Gasteiger partial charge < -0.3 is 10.1 Å². The lowest BCUT2D eigenvalue weighted by Gasteiger charge is -2.08. The van der Waals surface area contributed by atoms with E-state index < -0.39 is 29.4 Å². The van der Waals surface area contributed by atoms with Gasteiger partial charge in [-0.3, -0.25) is 4.79 Å². The van der Waals surface area contributed by atoms with E-state index in [1.807, 2.05) is 0 Å². The minimum Gasteiger partial charge on any atom is -0.481 e. The number of alkyl halides is 6. The van der Waals surface area contributed by atoms with Crippen LogP contribution in [0.4, 0.5) is 26.3 Å². The van der Waals surface area contributed by atoms with Crippen molar-refractivity contribution in [3.63, 3.8) is 0 Å². The van der Waals surface area contributed by atoms with Gasteiger partial charge in [0, 0.05) is 5.56 Å². The summed E-state index contributed by atoms with van der Waals surface area (Å²) in [6, 6.07) is 7.99. The summed E-state index contributed by atoms with van der Waals surface area (Å²) in [6.45, 7) is -0.302. The van der Waals surface area contributed by atoms with Gasteiger partial charge in [-0.05, 0) is 42.5 Å². The summed E-state index contributed by atoms with van der Waals surface area (Å²) in [7, 11) is 0. The third kappa shape index (κ3) is 6.23. The fourth-order valence-electron chi connectivity index (χ4n) is 2.03. The Morgan fingerprint density at radius 1 is 0.893 bits per heavy atom. The molecule has 1 N–H and O–H groups in total. The van der Waals surface area contributed by atoms with Gasteiger partial charge in [-0.1, -0.05) is 17.9 Å². The molecular weight excluding hydrogens is 388 g/mol. The van der Waals surface area contributed by atoms with Gasteiger partial charge in [0.1, 0.15) is 12.4 Å². The Morgan fingerprint density at radius 3 is 2.14 bits per heavy atom. The molecule has 0 aliphatic heterocycles. The first-order valence-corrected chi connectivity index (χ1v) is 7.78. The van der Waals surface area contributed by atoms with Gasteiger partial charge in [-0.25, -0.2) is 0 Å². The zero-order valence-electron chi connectivity index (χ0n) is 14.1. The average molecular weight is 401 g/mol. The second-order valence-electron chi connectivity index (χ2n) is 5.43. The van der Waals surface area contributed by atoms with Crippen LogP contribution in [0.25, 0.3) is 0 Å². The molecule has 0 saturated heterocycles. The molecule has 0 fully saturated rings. The quantitative estimate of drug-likeness (QED) is 0.604. The highest BCUT2D eigenvalue weighted by atomic mass is 19.4. The number of hydrogen-bond donors (Lipinski definition) is 1. The maximum absolute atomic E-state index is 12.6. The number of carbonyl (C=O) groups is 1. The van der Waals surface area contributed by atoms with Gasteiger partial charge in [-0.15, -0.1) is 0 Å². The van der Waals surface area contributed by atoms with Crippen molar-refractivity contribution < 1.29 is 35.9 Å². The maximum atomic E-state index is 12.6. The van der Waals surface area contributed by atoms with Crippen molar-refractivity contribution in [3.8, 4) is 17.6 Å². The van der Waals surface area contributed by atoms with Crippen molar-refractivity contribution in [3.05, 3.63) is 65.2 Å². The van der Waals surface area contributed by atoms with Crippen LogP contribution in [-0.2, 0) is 12.4 Å². The molecule has 0 unspecified atom stereocenters. The SMILES string of the molecule is O=C(NCC#CCOc1cccc(C(F)(F)F)c1)c1ccc(C(F)(F)F)cc1. The number of benzene rings is 2. The Labute approximate surface area is 156 Å². The Morgan fingerprint density at radius 2 is 1.54 bits per heavy atom. The van der Waals surface area contributed by atoms with Crippen LogP contribution in [0.15, 0.2) is 48.5 Å². The highest BCUT2D eigenvalue weighted by Crippen LogP contribution is 2.31. The molecule has 2 rings (SSSR count). The molecule has 2 aromatic carbocycles. The van der Waals surface area contributed by atoms with Crippen LogP contribution in [0.3, 0.4) is 0 Å². The van der Waals surface area contributed by atoms with Crippen LogP contribution >= 0.6 is 0 Å². The smallest absolute Gasteiger partial charge is 0.416 e. The van der Waals surface area contributed by atoms with Gasteiger partial charge in [0.2, 0.25) is 0 Å². The average Bonchev–Trinajstić information content (AvgIpc) is 2.63. The molecule has 0 atom stereocenters. The molecule has 0 spiro atoms. The van der Waals surface area contributed by atoms with Crippen LogP contribution in [0.2, 0.25) is 0 Å². The molecule has 1 amide bonds. The van der Waals surface area contributed by atoms with Crippen LogP contribution in [0.5, 0.6) is 5.75 Å². The predicted octanol–water partition coefficient (Wildman–Crippen LogP) is 4.54. The first-order chi connectivity index (χ1) is 13.1. The van der Waals surface area contributed by atoms with Crippen molar-refractivity contribution in [2.24, 2.45) is 0 Å². The molecule has 0 saturated carbocycles. The number of amides is 1. The molecule has 0 bridgehead atoms. The molecule has 148 valence electrons. The highest BCUT2D eigenvalue weighted by Gasteiger charge is 2.31. The number of hydrogen-bond acceptors (Lipinski definition) is 2. The van der Waals surface area contributed by atoms with E-state index in [2.05, 4.69) is 17.2 Å². The largest absolute Gasteiger partial charge is 0.481 e. The zero-order chi connectivity index (χ0) is 20.8. The number of nitrogens with one attached hydrogen (secondary N) is 1. The summed E-state index contributed by atoms with van der Waals surface area (Å²) in [5.41, 5.74) is -1.67. The normalized spacial score (nSPS) is 11.4. The van der Waals surface area contributed by atoms with Gasteiger partial charge in [0.05, 0.1) is 17.7 Å². The lowest BCUT2D eigenvalue weighted by Crippen LogP contribution is -2.23. The summed E-state index contributed by atoms with van der Waals surface area (Å²) in [5.74, 6) is 4.43. The summed E-state index contributed by atoms with van der Waals surface area (Å²) in [6.07, 6.45) is -8.96. The van der Waals surface area contributed by atoms with E-state index in [0.29, 0.717) is 0 Å². The minimum absolute atomic E-state index is 0.00193. The van der Waals surface area contributed by atoms with Crippen LogP contribution in [0, 0.1) is 11.8 Å². The van der Waals surface area contributed by atoms with E-state index in [4.69, 9.17) is 4.74 Å². The first-order valence-electron chi connectivity index (χ1n) is 7.78. The topological polar surface area (TPSA) is 38.3 Å². The summed E-state index contributed by atoms with van der Waals surface area (Å²) < 4.78 is 80.2. The third-order valence-corrected chi connectivity index (χ3v) is 3.41. The molecule has 2 aromatic rings. The van der Waals surface area contributed by atoms with E-state index >= 15 is 0 Å². The van der Waals surface area contributed by atoms with E-state index in [0.717, 1.165) is 36.4 Å². The number of carbonyl (C=O) groups excluding carboxylic acids is 1. The predicted molar refractivity (Wildman–Crippen MR) is 88.5 cm³/mol. The number of rotatable bonds is 4. The van der Waals surface area contributed by atoms with E-state index in [-0.39, 0.29) is 24.5 Å². The van der Waals surface area contributed by atoms with Crippen molar-refractivity contribution in [1.29, 1.82) is 0 Å². The first kappa shape index (κ1) is 21.2. The van der Waals surface area contributed by atoms with E-state index in [9.17, 15) is 31.1 Å². The van der Waals surface area contributed by atoms with Crippen LogP contribution < -0.4 is 10.1 Å². The fourth-order valence-corrected chi connectivity index (χ4v) is 2.03. The summed E-state index contributed by atoms with van der Waals surface area (Å²) in [4.78, 5) is 11.8. The molecular formula is C19H13F6NO2. The Balaban J connectivity index is 1.80. The lowest BCUT2D eigenvalue weighted by molar-refractivity contribution is -0.138. The highest BCUT2D eigenvalue weighted by molar-refractivity contribution is 5.94. The minimum atomic E-state index is -4.49. The molecule has 0 heterocycles. The number of ether oxygens (including phenoxy) is 1. The third-order valence-electron chi connectivity index (χ3n) is 3.41. The van der Waals surface area contributed by atoms with Gasteiger partial charge >= 0.3 is 12.4 Å². The standard InChI is InChI=1S/C19H13F6NO2/c20-18(21,22)14-8-6-13(7-9-14)17(27)26-10-1-2-11-28-16-5-3-4-15(12-16)19(23,24)25/h3-9,12H,10-11H2,(H,26,27). The van der Waals surface area contributed by atoms with Gasteiger partial charge in [-0.2, -0.15) is 26.3 Å². The molecule has 3 nitrogen and oxygen atoms in total. The molecule has 9 heteroatoms. The van der Waals surface area contributed by atoms with Crippen molar-refractivity contribution in [2.45, 2.75) is 12.4 Å². The Kier molecular flexibility index (Phi) is 6.57. The molecule has 0 aromatic heterocycles. The monoisotopic (exact) mass is 401 g/mol. The zero-order valence-corrected chi connectivity index (χ0v) is 14.1. The van der Waals surface area contributed by atoms with Crippen molar-refractivity contribution in [1.82, 2.24) is 5.32 Å². The van der Waals surface area contributed by atoms with Gasteiger partial charge in [0.15, 0.2) is 0 Å². The second kappa shape index (κ2) is 8.69. The van der Waals surface area contributed by atoms with E-state index in [1.54, 1.807) is 0 Å². The maximum Gasteiger partial charge on any atom is 0.416 e. The van der Waals surface area contributed by atoms with Crippen LogP contribution in [-0.4, -0.2) is 19.1 Å². The summed E-state index contributed by atoms with van der Waals surface area (Å²) >= 11 is 0. The van der Waals surface area contributed by atoms with E-state index in [1.165, 1.54) is 12.1 Å². The van der Waals surface area contributed by atoms with Crippen molar-refractivity contribution >= 4 is 5.91 Å². The Bertz CT molecular complexity index is 876. The Hall–Kier alpha value is -3.15.